The molecule has 0 fully saturated rings. The van der Waals surface area contributed by atoms with Crippen molar-refractivity contribution in [2.75, 3.05) is 6.61 Å². The summed E-state index contributed by atoms with van der Waals surface area (Å²) in [5, 5.41) is 32.1. The fourth-order valence-electron chi connectivity index (χ4n) is 4.69. The predicted octanol–water partition coefficient (Wildman–Crippen LogP) is 7.35. The van der Waals surface area contributed by atoms with Gasteiger partial charge in [-0.3, -0.25) is 4.99 Å². The number of fused-ring (bicyclic) bond motifs is 3. The van der Waals surface area contributed by atoms with Crippen LogP contribution in [0.5, 0.6) is 0 Å². The number of aliphatic imine (C=N–C) groups is 1. The minimum atomic E-state index is -1.42. The van der Waals surface area contributed by atoms with Gasteiger partial charge in [0.2, 0.25) is 0 Å². The fraction of sp³-hybridized carbons (Fsp3) is 0.286. The third kappa shape index (κ3) is 6.54. The van der Waals surface area contributed by atoms with Crippen LogP contribution in [0.2, 0.25) is 0 Å². The molecular formula is C35H39N3O2. The zero-order valence-corrected chi connectivity index (χ0v) is 24.3. The Bertz CT molecular complexity index is 1550. The average Bonchev–Trinajstić information content (AvgIpc) is 2.97. The average molecular weight is 534 g/mol. The van der Waals surface area contributed by atoms with Gasteiger partial charge in [-0.05, 0) is 83.3 Å². The highest BCUT2D eigenvalue weighted by Crippen LogP contribution is 2.40. The number of rotatable bonds is 6. The SMILES string of the molecule is C/C(=C\N=CC(C)C)C1(O)c2ccc(C)c(c2)C/C=C(\C=C/C=CCO)c2cc(C#N)nc3ccc1cc23.CC. The number of benzene rings is 2. The van der Waals surface area contributed by atoms with Gasteiger partial charge in [0, 0.05) is 17.8 Å². The first-order chi connectivity index (χ1) is 19.3. The van der Waals surface area contributed by atoms with Crippen LogP contribution < -0.4 is 0 Å². The molecule has 1 aromatic heterocycles. The number of allylic oxidation sites excluding steroid dienone is 5. The van der Waals surface area contributed by atoms with Gasteiger partial charge >= 0.3 is 0 Å². The third-order valence-corrected chi connectivity index (χ3v) is 6.81. The van der Waals surface area contributed by atoms with E-state index >= 15 is 0 Å². The first-order valence-corrected chi connectivity index (χ1v) is 13.8. The lowest BCUT2D eigenvalue weighted by atomic mass is 9.79. The summed E-state index contributed by atoms with van der Waals surface area (Å²) in [5.74, 6) is 0.292. The Balaban J connectivity index is 0.00000216. The van der Waals surface area contributed by atoms with Crippen molar-refractivity contribution in [1.29, 1.82) is 5.26 Å². The molecule has 0 amide bonds. The molecule has 4 bridgehead atoms. The summed E-state index contributed by atoms with van der Waals surface area (Å²) < 4.78 is 0. The molecule has 2 aromatic carbocycles. The van der Waals surface area contributed by atoms with E-state index in [4.69, 9.17) is 5.11 Å². The molecule has 1 aliphatic rings. The van der Waals surface area contributed by atoms with Crippen LogP contribution in [0.4, 0.5) is 0 Å². The van der Waals surface area contributed by atoms with Crippen LogP contribution >= 0.6 is 0 Å². The monoisotopic (exact) mass is 533 g/mol. The molecule has 1 unspecified atom stereocenters. The lowest BCUT2D eigenvalue weighted by Crippen LogP contribution is -2.29. The Morgan fingerprint density at radius 1 is 1.12 bits per heavy atom. The molecule has 5 nitrogen and oxygen atoms in total. The Kier molecular flexibility index (Phi) is 10.5. The molecule has 1 aliphatic carbocycles. The van der Waals surface area contributed by atoms with Crippen LogP contribution in [0, 0.1) is 24.2 Å². The van der Waals surface area contributed by atoms with E-state index in [-0.39, 0.29) is 6.61 Å². The first kappa shape index (κ1) is 30.4. The number of aliphatic hydroxyl groups excluding tert-OH is 1. The molecule has 0 spiro atoms. The van der Waals surface area contributed by atoms with Crippen LogP contribution in [0.1, 0.15) is 68.1 Å². The molecular weight excluding hydrogens is 494 g/mol. The minimum Gasteiger partial charge on any atom is -0.392 e. The largest absolute Gasteiger partial charge is 0.392 e. The number of pyridine rings is 1. The number of aryl methyl sites for hydroxylation is 1. The molecule has 206 valence electrons. The highest BCUT2D eigenvalue weighted by Gasteiger charge is 2.35. The highest BCUT2D eigenvalue weighted by molar-refractivity contribution is 5.95. The summed E-state index contributed by atoms with van der Waals surface area (Å²) in [6.45, 7) is 12.1. The van der Waals surface area contributed by atoms with Gasteiger partial charge < -0.3 is 10.2 Å². The summed E-state index contributed by atoms with van der Waals surface area (Å²) in [6, 6.07) is 15.8. The predicted molar refractivity (Wildman–Crippen MR) is 166 cm³/mol. The van der Waals surface area contributed by atoms with Crippen molar-refractivity contribution < 1.29 is 10.2 Å². The van der Waals surface area contributed by atoms with Crippen molar-refractivity contribution in [2.45, 2.75) is 53.6 Å². The van der Waals surface area contributed by atoms with Gasteiger partial charge in [0.05, 0.1) is 12.1 Å². The molecule has 4 rings (SSSR count). The van der Waals surface area contributed by atoms with E-state index in [0.717, 1.165) is 33.2 Å². The van der Waals surface area contributed by atoms with Crippen molar-refractivity contribution in [3.8, 4) is 6.07 Å². The third-order valence-electron chi connectivity index (χ3n) is 6.81. The number of aliphatic hydroxyl groups is 2. The van der Waals surface area contributed by atoms with Gasteiger partial charge in [-0.1, -0.05) is 82.3 Å². The second-order valence-electron chi connectivity index (χ2n) is 9.94. The normalized spacial score (nSPS) is 18.6. The Labute approximate surface area is 238 Å². The molecule has 40 heavy (non-hydrogen) atoms. The van der Waals surface area contributed by atoms with Gasteiger partial charge in [-0.2, -0.15) is 5.26 Å². The Hall–Kier alpha value is -4.11. The number of nitriles is 1. The molecule has 2 N–H and O–H groups in total. The van der Waals surface area contributed by atoms with Crippen molar-refractivity contribution >= 4 is 22.7 Å². The molecule has 3 aromatic rings. The van der Waals surface area contributed by atoms with Gasteiger partial charge in [0.15, 0.2) is 0 Å². The van der Waals surface area contributed by atoms with Gasteiger partial charge in [-0.15, -0.1) is 0 Å². The lowest BCUT2D eigenvalue weighted by molar-refractivity contribution is 0.121. The van der Waals surface area contributed by atoms with E-state index in [9.17, 15) is 10.4 Å². The van der Waals surface area contributed by atoms with E-state index in [2.05, 4.69) is 49.0 Å². The summed E-state index contributed by atoms with van der Waals surface area (Å²) in [7, 11) is 0. The first-order valence-electron chi connectivity index (χ1n) is 13.8. The summed E-state index contributed by atoms with van der Waals surface area (Å²) >= 11 is 0. The lowest BCUT2D eigenvalue weighted by Gasteiger charge is -2.31. The quantitative estimate of drug-likeness (QED) is 0.256. The van der Waals surface area contributed by atoms with Gasteiger partial charge in [-0.25, -0.2) is 4.98 Å². The number of aromatic nitrogens is 1. The van der Waals surface area contributed by atoms with E-state index in [1.165, 1.54) is 0 Å². The number of hydrogen-bond donors (Lipinski definition) is 2. The van der Waals surface area contributed by atoms with Crippen LogP contribution in [0.3, 0.4) is 0 Å². The van der Waals surface area contributed by atoms with Gasteiger partial charge in [0.25, 0.3) is 0 Å². The molecule has 0 radical (unpaired) electrons. The van der Waals surface area contributed by atoms with E-state index in [1.807, 2.05) is 69.5 Å². The summed E-state index contributed by atoms with van der Waals surface area (Å²) in [6.07, 6.45) is 13.7. The summed E-state index contributed by atoms with van der Waals surface area (Å²) in [4.78, 5) is 9.03. The minimum absolute atomic E-state index is 0.0395. The number of hydrogen-bond acceptors (Lipinski definition) is 5. The molecule has 0 saturated carbocycles. The maximum absolute atomic E-state index is 12.5. The van der Waals surface area contributed by atoms with Crippen molar-refractivity contribution in [3.05, 3.63) is 118 Å². The zero-order chi connectivity index (χ0) is 29.3. The van der Waals surface area contributed by atoms with Crippen molar-refractivity contribution in [1.82, 2.24) is 4.98 Å². The molecule has 0 saturated heterocycles. The van der Waals surface area contributed by atoms with Crippen LogP contribution in [-0.4, -0.2) is 28.0 Å². The Morgan fingerprint density at radius 2 is 1.85 bits per heavy atom. The second-order valence-corrected chi connectivity index (χ2v) is 9.94. The molecule has 1 heterocycles. The molecule has 1 atom stereocenters. The van der Waals surface area contributed by atoms with E-state index in [1.54, 1.807) is 24.4 Å². The summed E-state index contributed by atoms with van der Waals surface area (Å²) in [5.41, 5.74) is 5.76. The molecule has 0 aliphatic heterocycles. The van der Waals surface area contributed by atoms with Crippen LogP contribution in [-0.2, 0) is 12.0 Å². The van der Waals surface area contributed by atoms with Crippen molar-refractivity contribution in [3.63, 3.8) is 0 Å². The smallest absolute Gasteiger partial charge is 0.141 e. The molecule has 5 heteroatoms. The van der Waals surface area contributed by atoms with E-state index < -0.39 is 5.60 Å². The van der Waals surface area contributed by atoms with Crippen molar-refractivity contribution in [2.24, 2.45) is 10.9 Å². The fourth-order valence-corrected chi connectivity index (χ4v) is 4.69. The van der Waals surface area contributed by atoms with Gasteiger partial charge in [0.1, 0.15) is 17.4 Å². The second kappa shape index (κ2) is 13.8. The standard InChI is InChI=1S/C33H33N3O2.C2H6/c1-22(2)20-35-21-24(4)33(38)27-12-9-23(3)26(16-27)11-10-25(8-6-5-7-15-37)30-18-29(19-34)36-32-14-13-28(33)17-31(30)32;1-2/h5-10,12-14,16-18,20-22,37-38H,11,15H2,1-4H3;1-2H3/b7-5?,8-6-,24-21+,25-10+,35-20?;. The number of nitrogens with zero attached hydrogens (tertiary/aromatic N) is 3. The van der Waals surface area contributed by atoms with Crippen LogP contribution in [0.25, 0.3) is 16.5 Å². The Morgan fingerprint density at radius 3 is 2.55 bits per heavy atom. The highest BCUT2D eigenvalue weighted by atomic mass is 16.3. The zero-order valence-electron chi connectivity index (χ0n) is 24.3. The van der Waals surface area contributed by atoms with E-state index in [0.29, 0.717) is 34.7 Å². The maximum atomic E-state index is 12.5. The maximum Gasteiger partial charge on any atom is 0.141 e. The topological polar surface area (TPSA) is 89.5 Å². The van der Waals surface area contributed by atoms with Crippen LogP contribution in [0.15, 0.2) is 89.6 Å².